The molecule has 0 saturated carbocycles. The van der Waals surface area contributed by atoms with E-state index in [-0.39, 0.29) is 11.3 Å². The van der Waals surface area contributed by atoms with Gasteiger partial charge in [0.25, 0.3) is 5.78 Å². The number of thiazole rings is 1. The van der Waals surface area contributed by atoms with Crippen molar-refractivity contribution in [3.8, 4) is 5.75 Å². The van der Waals surface area contributed by atoms with Crippen LogP contribution in [-0.2, 0) is 9.59 Å². The van der Waals surface area contributed by atoms with E-state index in [1.165, 1.54) is 16.2 Å². The highest BCUT2D eigenvalue weighted by molar-refractivity contribution is 7.22. The molecule has 1 unspecified atom stereocenters. The van der Waals surface area contributed by atoms with Crippen molar-refractivity contribution in [2.45, 2.75) is 19.9 Å². The van der Waals surface area contributed by atoms with Gasteiger partial charge in [-0.05, 0) is 49.7 Å². The lowest BCUT2D eigenvalue weighted by Gasteiger charge is -2.23. The first-order chi connectivity index (χ1) is 16.9. The summed E-state index contributed by atoms with van der Waals surface area (Å²) in [7, 11) is 0. The fourth-order valence-electron chi connectivity index (χ4n) is 4.14. The molecule has 0 bridgehead atoms. The number of carbonyl (C=O) groups excluding carboxylic acids is 2. The zero-order valence-corrected chi connectivity index (χ0v) is 20.6. The van der Waals surface area contributed by atoms with E-state index in [1.807, 2.05) is 26.0 Å². The minimum absolute atomic E-state index is 0.00444. The first-order valence-corrected chi connectivity index (χ1v) is 12.2. The predicted octanol–water partition coefficient (Wildman–Crippen LogP) is 6.28. The summed E-state index contributed by atoms with van der Waals surface area (Å²) in [4.78, 5) is 32.7. The summed E-state index contributed by atoms with van der Waals surface area (Å²) in [5.74, 6) is -1.16. The molecule has 1 amide bonds. The summed E-state index contributed by atoms with van der Waals surface area (Å²) >= 11 is 7.41. The van der Waals surface area contributed by atoms with Crippen LogP contribution in [0.25, 0.3) is 16.0 Å². The number of hydrogen-bond donors (Lipinski definition) is 1. The van der Waals surface area contributed by atoms with Gasteiger partial charge < -0.3 is 9.84 Å². The molecule has 1 atom stereocenters. The molecule has 176 valence electrons. The number of aliphatic hydroxyl groups excluding tert-OH is 1. The van der Waals surface area contributed by atoms with Crippen LogP contribution in [0, 0.1) is 6.92 Å². The highest BCUT2D eigenvalue weighted by atomic mass is 35.5. The van der Waals surface area contributed by atoms with Crippen LogP contribution in [0.4, 0.5) is 5.13 Å². The molecular formula is C27H21ClN2O4S. The third kappa shape index (κ3) is 4.17. The number of benzene rings is 3. The molecule has 0 spiro atoms. The normalized spacial score (nSPS) is 17.3. The first-order valence-electron chi connectivity index (χ1n) is 11.0. The summed E-state index contributed by atoms with van der Waals surface area (Å²) in [5, 5.41) is 12.2. The van der Waals surface area contributed by atoms with Crippen molar-refractivity contribution < 1.29 is 19.4 Å². The van der Waals surface area contributed by atoms with E-state index in [2.05, 4.69) is 4.98 Å². The van der Waals surface area contributed by atoms with Crippen molar-refractivity contribution in [1.82, 2.24) is 4.98 Å². The van der Waals surface area contributed by atoms with Crippen LogP contribution in [0.15, 0.2) is 72.3 Å². The Kier molecular flexibility index (Phi) is 6.05. The van der Waals surface area contributed by atoms with Gasteiger partial charge in [-0.2, -0.15) is 0 Å². The Morgan fingerprint density at radius 3 is 2.63 bits per heavy atom. The predicted molar refractivity (Wildman–Crippen MR) is 138 cm³/mol. The molecule has 1 saturated heterocycles. The van der Waals surface area contributed by atoms with E-state index >= 15 is 0 Å². The van der Waals surface area contributed by atoms with Crippen molar-refractivity contribution in [2.75, 3.05) is 11.5 Å². The number of amides is 1. The molecule has 0 aliphatic carbocycles. The molecule has 1 N–H and O–H groups in total. The highest BCUT2D eigenvalue weighted by Crippen LogP contribution is 2.45. The van der Waals surface area contributed by atoms with Crippen molar-refractivity contribution in [1.29, 1.82) is 0 Å². The fraction of sp³-hybridized carbons (Fsp3) is 0.148. The molecule has 6 nitrogen and oxygen atoms in total. The number of anilines is 1. The number of nitrogens with zero attached hydrogens (tertiary/aromatic N) is 2. The maximum Gasteiger partial charge on any atom is 0.301 e. The monoisotopic (exact) mass is 504 g/mol. The van der Waals surface area contributed by atoms with Gasteiger partial charge in [0.05, 0.1) is 28.4 Å². The van der Waals surface area contributed by atoms with Gasteiger partial charge in [-0.15, -0.1) is 0 Å². The van der Waals surface area contributed by atoms with Gasteiger partial charge in [0.1, 0.15) is 11.5 Å². The van der Waals surface area contributed by atoms with E-state index in [0.717, 1.165) is 10.3 Å². The number of halogens is 1. The van der Waals surface area contributed by atoms with Crippen LogP contribution in [0.2, 0.25) is 5.02 Å². The number of carbonyl (C=O) groups is 2. The summed E-state index contributed by atoms with van der Waals surface area (Å²) < 4.78 is 6.45. The number of ketones is 1. The minimum atomic E-state index is -0.882. The molecule has 4 aromatic rings. The van der Waals surface area contributed by atoms with E-state index < -0.39 is 17.7 Å². The molecule has 8 heteroatoms. The number of rotatable bonds is 5. The zero-order chi connectivity index (χ0) is 24.7. The number of hydrogen-bond acceptors (Lipinski definition) is 6. The Morgan fingerprint density at radius 2 is 1.89 bits per heavy atom. The lowest BCUT2D eigenvalue weighted by atomic mass is 9.95. The Morgan fingerprint density at radius 1 is 1.11 bits per heavy atom. The summed E-state index contributed by atoms with van der Waals surface area (Å²) in [6.07, 6.45) is 0. The van der Waals surface area contributed by atoms with Gasteiger partial charge in [-0.25, -0.2) is 4.98 Å². The van der Waals surface area contributed by atoms with Gasteiger partial charge in [-0.3, -0.25) is 14.5 Å². The standard InChI is InChI=1S/C27H21ClN2O4S/c1-3-34-19-6-4-5-17(13-19)23-22(24(31)16-9-7-15(2)8-10-16)25(32)26(33)30(23)27-29-20-12-11-18(28)14-21(20)35-27/h4-14,23,31H,3H2,1-2H3/b24-22+. The second kappa shape index (κ2) is 9.17. The second-order valence-electron chi connectivity index (χ2n) is 8.15. The molecule has 1 aliphatic rings. The van der Waals surface area contributed by atoms with Gasteiger partial charge in [0.2, 0.25) is 0 Å². The van der Waals surface area contributed by atoms with Crippen LogP contribution in [0.1, 0.15) is 29.7 Å². The van der Waals surface area contributed by atoms with Crippen molar-refractivity contribution in [3.63, 3.8) is 0 Å². The second-order valence-corrected chi connectivity index (χ2v) is 9.59. The third-order valence-electron chi connectivity index (χ3n) is 5.80. The van der Waals surface area contributed by atoms with Crippen molar-refractivity contribution in [2.24, 2.45) is 0 Å². The van der Waals surface area contributed by atoms with Gasteiger partial charge in [-0.1, -0.05) is 64.9 Å². The average Bonchev–Trinajstić information content (AvgIpc) is 3.37. The number of fused-ring (bicyclic) bond motifs is 1. The van der Waals surface area contributed by atoms with Gasteiger partial charge in [0, 0.05) is 10.6 Å². The van der Waals surface area contributed by atoms with Crippen LogP contribution in [0.5, 0.6) is 5.75 Å². The molecular weight excluding hydrogens is 484 g/mol. The topological polar surface area (TPSA) is 79.7 Å². The van der Waals surface area contributed by atoms with Crippen LogP contribution < -0.4 is 9.64 Å². The Labute approximate surface area is 211 Å². The van der Waals surface area contributed by atoms with E-state index in [0.29, 0.717) is 39.2 Å². The van der Waals surface area contributed by atoms with E-state index in [1.54, 1.807) is 54.6 Å². The van der Waals surface area contributed by atoms with Gasteiger partial charge in [0.15, 0.2) is 5.13 Å². The molecule has 3 aromatic carbocycles. The number of aliphatic hydroxyl groups is 1. The lowest BCUT2D eigenvalue weighted by Crippen LogP contribution is -2.29. The smallest absolute Gasteiger partial charge is 0.301 e. The largest absolute Gasteiger partial charge is 0.507 e. The van der Waals surface area contributed by atoms with Crippen molar-refractivity contribution >= 4 is 55.7 Å². The molecule has 0 radical (unpaired) electrons. The van der Waals surface area contributed by atoms with Crippen LogP contribution >= 0.6 is 22.9 Å². The molecule has 2 heterocycles. The quantitative estimate of drug-likeness (QED) is 0.196. The maximum absolute atomic E-state index is 13.4. The minimum Gasteiger partial charge on any atom is -0.507 e. The Bertz CT molecular complexity index is 1490. The third-order valence-corrected chi connectivity index (χ3v) is 7.05. The Hall–Kier alpha value is -3.68. The molecule has 1 fully saturated rings. The molecule has 1 aliphatic heterocycles. The number of aryl methyl sites for hydroxylation is 1. The van der Waals surface area contributed by atoms with Crippen LogP contribution in [-0.4, -0.2) is 28.4 Å². The summed E-state index contributed by atoms with van der Waals surface area (Å²) in [6.45, 7) is 4.27. The van der Waals surface area contributed by atoms with Crippen molar-refractivity contribution in [3.05, 3.63) is 94.0 Å². The van der Waals surface area contributed by atoms with E-state index in [9.17, 15) is 14.7 Å². The lowest BCUT2D eigenvalue weighted by molar-refractivity contribution is -0.132. The molecule has 1 aromatic heterocycles. The first kappa shape index (κ1) is 23.1. The van der Waals surface area contributed by atoms with E-state index in [4.69, 9.17) is 16.3 Å². The Balaban J connectivity index is 1.72. The number of aromatic nitrogens is 1. The highest BCUT2D eigenvalue weighted by Gasteiger charge is 2.48. The van der Waals surface area contributed by atoms with Crippen LogP contribution in [0.3, 0.4) is 0 Å². The number of Topliss-reactive ketones (excluding diaryl/α,β-unsaturated/α-hetero) is 1. The SMILES string of the molecule is CCOc1cccc(C2/C(=C(\O)c3ccc(C)cc3)C(=O)C(=O)N2c2nc3ccc(Cl)cc3s2)c1. The molecule has 5 rings (SSSR count). The zero-order valence-electron chi connectivity index (χ0n) is 19.0. The summed E-state index contributed by atoms with van der Waals surface area (Å²) in [6, 6.07) is 18.7. The fourth-order valence-corrected chi connectivity index (χ4v) is 5.41. The van der Waals surface area contributed by atoms with Gasteiger partial charge >= 0.3 is 5.91 Å². The molecule has 35 heavy (non-hydrogen) atoms. The average molecular weight is 505 g/mol. The maximum atomic E-state index is 13.4. The number of ether oxygens (including phenoxy) is 1. The summed E-state index contributed by atoms with van der Waals surface area (Å²) in [5.41, 5.74) is 2.76.